The van der Waals surface area contributed by atoms with Gasteiger partial charge in [-0.05, 0) is 12.8 Å². The van der Waals surface area contributed by atoms with Gasteiger partial charge >= 0.3 is 31.4 Å². The van der Waals surface area contributed by atoms with Crippen LogP contribution in [-0.2, 0) is 34.5 Å². The number of carboxylic acids is 2. The van der Waals surface area contributed by atoms with Gasteiger partial charge in [-0.3, -0.25) is 9.59 Å². The molecule has 0 radical (unpaired) electrons. The zero-order valence-electron chi connectivity index (χ0n) is 28.5. The zero-order valence-corrected chi connectivity index (χ0v) is 31.4. The second-order valence-electron chi connectivity index (χ2n) is 12.2. The molecular formula is C36H72O5Zn. The van der Waals surface area contributed by atoms with E-state index in [1.807, 2.05) is 0 Å². The molecule has 0 saturated carbocycles. The summed E-state index contributed by atoms with van der Waals surface area (Å²) in [4.78, 5) is 20.7. The van der Waals surface area contributed by atoms with Gasteiger partial charge in [0.1, 0.15) is 0 Å². The summed E-state index contributed by atoms with van der Waals surface area (Å²) >= 11 is 0. The van der Waals surface area contributed by atoms with Crippen LogP contribution in [0.4, 0.5) is 0 Å². The van der Waals surface area contributed by atoms with Gasteiger partial charge in [0.15, 0.2) is 0 Å². The first-order chi connectivity index (χ1) is 19.5. The SMILES string of the molecule is CCCCCCCCCCCCCCCCCC(=O)O.CCCCCCCCCCCCCCCCCC(=O)O.[O-2].[Zn+2]. The van der Waals surface area contributed by atoms with E-state index in [0.717, 1.165) is 25.7 Å². The number of rotatable bonds is 32. The molecule has 0 atom stereocenters. The molecule has 5 nitrogen and oxygen atoms in total. The van der Waals surface area contributed by atoms with Gasteiger partial charge in [0.25, 0.3) is 0 Å². The number of carboxylic acid groups (broad SMARTS) is 2. The third-order valence-electron chi connectivity index (χ3n) is 7.99. The van der Waals surface area contributed by atoms with Crippen LogP contribution >= 0.6 is 0 Å². The van der Waals surface area contributed by atoms with Crippen molar-refractivity contribution in [3.8, 4) is 0 Å². The van der Waals surface area contributed by atoms with Crippen molar-refractivity contribution >= 4 is 11.9 Å². The maximum absolute atomic E-state index is 10.3. The van der Waals surface area contributed by atoms with Gasteiger partial charge in [-0.2, -0.15) is 0 Å². The first-order valence-electron chi connectivity index (χ1n) is 18.0. The fraction of sp³-hybridized carbons (Fsp3) is 0.944. The monoisotopic (exact) mass is 648 g/mol. The summed E-state index contributed by atoms with van der Waals surface area (Å²) in [5, 5.41) is 17.0. The summed E-state index contributed by atoms with van der Waals surface area (Å²) in [5.41, 5.74) is 0. The van der Waals surface area contributed by atoms with E-state index in [0.29, 0.717) is 12.8 Å². The molecule has 0 fully saturated rings. The summed E-state index contributed by atoms with van der Waals surface area (Å²) in [6, 6.07) is 0. The Balaban J connectivity index is -0.000000328. The van der Waals surface area contributed by atoms with Gasteiger partial charge in [0.2, 0.25) is 0 Å². The summed E-state index contributed by atoms with van der Waals surface area (Å²) in [6.07, 6.45) is 40.4. The number of aliphatic carboxylic acids is 2. The molecule has 0 aromatic heterocycles. The molecule has 0 aliphatic carbocycles. The maximum Gasteiger partial charge on any atom is 2.00 e. The Morgan fingerprint density at radius 3 is 0.619 bits per heavy atom. The molecule has 0 aliphatic rings. The van der Waals surface area contributed by atoms with Gasteiger partial charge in [-0.15, -0.1) is 0 Å². The van der Waals surface area contributed by atoms with Gasteiger partial charge in [0, 0.05) is 12.8 Å². The minimum atomic E-state index is -0.653. The van der Waals surface area contributed by atoms with E-state index in [1.54, 1.807) is 0 Å². The molecule has 0 rings (SSSR count). The fourth-order valence-electron chi connectivity index (χ4n) is 5.30. The number of unbranched alkanes of at least 4 members (excludes halogenated alkanes) is 28. The van der Waals surface area contributed by atoms with E-state index in [-0.39, 0.29) is 25.0 Å². The smallest absolute Gasteiger partial charge is 2.00 e. The molecule has 0 bridgehead atoms. The van der Waals surface area contributed by atoms with E-state index in [4.69, 9.17) is 10.2 Å². The zero-order chi connectivity index (χ0) is 29.8. The molecule has 0 unspecified atom stereocenters. The Kier molecular flexibility index (Phi) is 51.8. The molecule has 2 N–H and O–H groups in total. The second kappa shape index (κ2) is 45.0. The van der Waals surface area contributed by atoms with Crippen molar-refractivity contribution in [3.63, 3.8) is 0 Å². The van der Waals surface area contributed by atoms with Crippen molar-refractivity contribution in [2.75, 3.05) is 0 Å². The Hall–Kier alpha value is -0.477. The predicted octanol–water partition coefficient (Wildman–Crippen LogP) is 12.5. The van der Waals surface area contributed by atoms with Gasteiger partial charge in [0.05, 0.1) is 0 Å². The largest absolute Gasteiger partial charge is 2.00 e. The third kappa shape index (κ3) is 52.2. The van der Waals surface area contributed by atoms with Crippen LogP contribution in [0, 0.1) is 0 Å². The maximum atomic E-state index is 10.3. The van der Waals surface area contributed by atoms with Crippen LogP contribution in [0.2, 0.25) is 0 Å². The average Bonchev–Trinajstić information content (AvgIpc) is 2.93. The number of hydrogen-bond acceptors (Lipinski definition) is 2. The quantitative estimate of drug-likeness (QED) is 0.0558. The Bertz CT molecular complexity index is 457. The molecule has 0 aliphatic heterocycles. The van der Waals surface area contributed by atoms with Crippen molar-refractivity contribution in [1.82, 2.24) is 0 Å². The Morgan fingerprint density at radius 1 is 0.333 bits per heavy atom. The van der Waals surface area contributed by atoms with Crippen molar-refractivity contribution in [2.45, 2.75) is 219 Å². The van der Waals surface area contributed by atoms with Crippen LogP contribution < -0.4 is 0 Å². The van der Waals surface area contributed by atoms with Crippen LogP contribution in [0.1, 0.15) is 219 Å². The molecule has 0 amide bonds. The molecule has 0 saturated heterocycles. The first kappa shape index (κ1) is 48.4. The van der Waals surface area contributed by atoms with Crippen LogP contribution in [0.5, 0.6) is 0 Å². The van der Waals surface area contributed by atoms with E-state index in [2.05, 4.69) is 13.8 Å². The predicted molar refractivity (Wildman–Crippen MR) is 175 cm³/mol. The van der Waals surface area contributed by atoms with Crippen LogP contribution in [-0.4, -0.2) is 22.2 Å². The number of carbonyl (C=O) groups is 2. The molecule has 0 aromatic carbocycles. The number of hydrogen-bond donors (Lipinski definition) is 2. The topological polar surface area (TPSA) is 103 Å². The third-order valence-corrected chi connectivity index (χ3v) is 7.99. The minimum absolute atomic E-state index is 0. The van der Waals surface area contributed by atoms with Crippen LogP contribution in [0.3, 0.4) is 0 Å². The molecule has 42 heavy (non-hydrogen) atoms. The average molecular weight is 650 g/mol. The van der Waals surface area contributed by atoms with Crippen molar-refractivity contribution in [2.24, 2.45) is 0 Å². The molecule has 248 valence electrons. The standard InChI is InChI=1S/2C18H36O2.O.Zn/c2*1-2-3-4-5-6-7-8-9-10-11-12-13-14-15-16-17-18(19)20;;/h2*2-17H2,1H3,(H,19,20);;/q;;-2;+2. The molecule has 6 heteroatoms. The Labute approximate surface area is 275 Å². The molecule has 0 heterocycles. The van der Waals surface area contributed by atoms with Crippen molar-refractivity contribution in [1.29, 1.82) is 0 Å². The van der Waals surface area contributed by atoms with Crippen LogP contribution in [0.25, 0.3) is 0 Å². The molecule has 0 aromatic rings. The van der Waals surface area contributed by atoms with Gasteiger partial charge in [-0.25, -0.2) is 0 Å². The second-order valence-corrected chi connectivity index (χ2v) is 12.2. The van der Waals surface area contributed by atoms with Gasteiger partial charge in [-0.1, -0.05) is 194 Å². The molecular weight excluding hydrogens is 578 g/mol. The van der Waals surface area contributed by atoms with E-state index < -0.39 is 11.9 Å². The van der Waals surface area contributed by atoms with Crippen molar-refractivity contribution < 1.29 is 44.8 Å². The summed E-state index contributed by atoms with van der Waals surface area (Å²) in [5.74, 6) is -1.31. The fourth-order valence-corrected chi connectivity index (χ4v) is 5.30. The van der Waals surface area contributed by atoms with E-state index >= 15 is 0 Å². The van der Waals surface area contributed by atoms with E-state index in [9.17, 15) is 9.59 Å². The molecule has 0 spiro atoms. The summed E-state index contributed by atoms with van der Waals surface area (Å²) in [6.45, 7) is 4.54. The summed E-state index contributed by atoms with van der Waals surface area (Å²) in [7, 11) is 0. The van der Waals surface area contributed by atoms with Crippen LogP contribution in [0.15, 0.2) is 0 Å². The van der Waals surface area contributed by atoms with E-state index in [1.165, 1.54) is 167 Å². The van der Waals surface area contributed by atoms with Gasteiger partial charge < -0.3 is 15.7 Å². The Morgan fingerprint density at radius 2 is 0.476 bits per heavy atom. The first-order valence-corrected chi connectivity index (χ1v) is 18.0. The minimum Gasteiger partial charge on any atom is -2.00 e. The summed E-state index contributed by atoms with van der Waals surface area (Å²) < 4.78 is 0. The van der Waals surface area contributed by atoms with Crippen molar-refractivity contribution in [3.05, 3.63) is 0 Å². The normalized spacial score (nSPS) is 10.3.